The molecule has 100 valence electrons. The Morgan fingerprint density at radius 2 is 1.63 bits per heavy atom. The van der Waals surface area contributed by atoms with Gasteiger partial charge in [0.15, 0.2) is 0 Å². The van der Waals surface area contributed by atoms with E-state index in [9.17, 15) is 4.39 Å². The zero-order valence-electron chi connectivity index (χ0n) is 11.5. The van der Waals surface area contributed by atoms with Crippen molar-refractivity contribution in [1.82, 2.24) is 0 Å². The minimum Gasteiger partial charge on any atom is -0.398 e. The van der Waals surface area contributed by atoms with Crippen molar-refractivity contribution in [3.05, 3.63) is 58.4 Å². The van der Waals surface area contributed by atoms with Gasteiger partial charge in [-0.2, -0.15) is 0 Å². The van der Waals surface area contributed by atoms with Crippen LogP contribution in [0.25, 0.3) is 0 Å². The van der Waals surface area contributed by atoms with Gasteiger partial charge in [-0.1, -0.05) is 18.2 Å². The van der Waals surface area contributed by atoms with Gasteiger partial charge in [0.05, 0.1) is 0 Å². The minimum atomic E-state index is -0.122. The number of benzene rings is 2. The van der Waals surface area contributed by atoms with E-state index in [0.29, 0.717) is 17.7 Å². The first kappa shape index (κ1) is 13.4. The summed E-state index contributed by atoms with van der Waals surface area (Å²) in [6, 6.07) is 9.63. The Morgan fingerprint density at radius 1 is 1.00 bits per heavy atom. The SMILES string of the molecule is Cc1ccc(NCc2cc(C)c(F)c(C)c2)cc1N. The van der Waals surface area contributed by atoms with E-state index in [0.717, 1.165) is 22.5 Å². The van der Waals surface area contributed by atoms with Crippen LogP contribution in [0.15, 0.2) is 30.3 Å². The molecule has 0 amide bonds. The van der Waals surface area contributed by atoms with Crippen LogP contribution in [-0.2, 0) is 6.54 Å². The maximum absolute atomic E-state index is 13.5. The number of hydrogen-bond donors (Lipinski definition) is 2. The van der Waals surface area contributed by atoms with Gasteiger partial charge in [-0.25, -0.2) is 4.39 Å². The van der Waals surface area contributed by atoms with E-state index >= 15 is 0 Å². The van der Waals surface area contributed by atoms with Crippen LogP contribution in [0.2, 0.25) is 0 Å². The molecule has 0 unspecified atom stereocenters. The van der Waals surface area contributed by atoms with Crippen molar-refractivity contribution in [2.75, 3.05) is 11.1 Å². The van der Waals surface area contributed by atoms with E-state index in [-0.39, 0.29) is 5.82 Å². The van der Waals surface area contributed by atoms with Crippen molar-refractivity contribution in [3.8, 4) is 0 Å². The molecular weight excluding hydrogens is 239 g/mol. The Hall–Kier alpha value is -2.03. The van der Waals surface area contributed by atoms with Crippen LogP contribution in [0.3, 0.4) is 0 Å². The molecule has 2 aromatic carbocycles. The van der Waals surface area contributed by atoms with Gasteiger partial charge in [0.1, 0.15) is 5.82 Å². The molecular formula is C16H19FN2. The highest BCUT2D eigenvalue weighted by atomic mass is 19.1. The number of nitrogen functional groups attached to an aromatic ring is 1. The third-order valence-corrected chi connectivity index (χ3v) is 3.27. The van der Waals surface area contributed by atoms with Gasteiger partial charge in [-0.05, 0) is 55.2 Å². The lowest BCUT2D eigenvalue weighted by atomic mass is 10.1. The van der Waals surface area contributed by atoms with Crippen LogP contribution in [0.4, 0.5) is 15.8 Å². The van der Waals surface area contributed by atoms with Crippen molar-refractivity contribution in [3.63, 3.8) is 0 Å². The van der Waals surface area contributed by atoms with Gasteiger partial charge in [0.2, 0.25) is 0 Å². The molecule has 0 radical (unpaired) electrons. The van der Waals surface area contributed by atoms with Gasteiger partial charge in [0, 0.05) is 17.9 Å². The lowest BCUT2D eigenvalue weighted by Gasteiger charge is -2.10. The summed E-state index contributed by atoms with van der Waals surface area (Å²) in [6.45, 7) is 6.21. The van der Waals surface area contributed by atoms with Crippen LogP contribution in [0.1, 0.15) is 22.3 Å². The molecule has 0 spiro atoms. The summed E-state index contributed by atoms with van der Waals surface area (Å²) in [4.78, 5) is 0. The second-order valence-electron chi connectivity index (χ2n) is 4.97. The lowest BCUT2D eigenvalue weighted by Crippen LogP contribution is -2.02. The molecule has 0 saturated heterocycles. The Balaban J connectivity index is 2.12. The van der Waals surface area contributed by atoms with Crippen molar-refractivity contribution in [2.24, 2.45) is 0 Å². The highest BCUT2D eigenvalue weighted by Gasteiger charge is 2.04. The molecule has 0 aliphatic heterocycles. The second kappa shape index (κ2) is 5.31. The average molecular weight is 258 g/mol. The lowest BCUT2D eigenvalue weighted by molar-refractivity contribution is 0.608. The summed E-state index contributed by atoms with van der Waals surface area (Å²) in [7, 11) is 0. The van der Waals surface area contributed by atoms with E-state index < -0.39 is 0 Å². The number of nitrogens with two attached hydrogens (primary N) is 1. The third kappa shape index (κ3) is 3.05. The van der Waals surface area contributed by atoms with E-state index in [4.69, 9.17) is 5.73 Å². The summed E-state index contributed by atoms with van der Waals surface area (Å²) in [5, 5.41) is 3.30. The molecule has 2 aromatic rings. The number of aryl methyl sites for hydroxylation is 3. The molecule has 3 heteroatoms. The fourth-order valence-electron chi connectivity index (χ4n) is 2.09. The molecule has 0 saturated carbocycles. The molecule has 2 nitrogen and oxygen atoms in total. The zero-order valence-corrected chi connectivity index (χ0v) is 11.5. The van der Waals surface area contributed by atoms with E-state index in [2.05, 4.69) is 5.32 Å². The van der Waals surface area contributed by atoms with Crippen LogP contribution >= 0.6 is 0 Å². The van der Waals surface area contributed by atoms with Crippen molar-refractivity contribution < 1.29 is 4.39 Å². The zero-order chi connectivity index (χ0) is 14.0. The fraction of sp³-hybridized carbons (Fsp3) is 0.250. The standard InChI is InChI=1S/C16H19FN2/c1-10-4-5-14(8-15(10)18)19-9-13-6-11(2)16(17)12(3)7-13/h4-8,19H,9,18H2,1-3H3. The largest absolute Gasteiger partial charge is 0.398 e. The number of hydrogen-bond acceptors (Lipinski definition) is 2. The predicted molar refractivity (Wildman–Crippen MR) is 78.8 cm³/mol. The van der Waals surface area contributed by atoms with Crippen LogP contribution in [0, 0.1) is 26.6 Å². The Kier molecular flexibility index (Phi) is 3.74. The molecule has 2 rings (SSSR count). The summed E-state index contributed by atoms with van der Waals surface area (Å²) in [6.07, 6.45) is 0. The van der Waals surface area contributed by atoms with Gasteiger partial charge < -0.3 is 11.1 Å². The highest BCUT2D eigenvalue weighted by molar-refractivity contribution is 5.58. The monoisotopic (exact) mass is 258 g/mol. The smallest absolute Gasteiger partial charge is 0.129 e. The Labute approximate surface area is 113 Å². The molecule has 3 N–H and O–H groups in total. The van der Waals surface area contributed by atoms with Crippen LogP contribution in [0.5, 0.6) is 0 Å². The molecule has 0 aliphatic carbocycles. The summed E-state index contributed by atoms with van der Waals surface area (Å²) in [5.74, 6) is -0.122. The van der Waals surface area contributed by atoms with E-state index in [1.165, 1.54) is 0 Å². The van der Waals surface area contributed by atoms with Gasteiger partial charge in [-0.15, -0.1) is 0 Å². The first-order chi connectivity index (χ1) is 8.97. The maximum atomic E-state index is 13.5. The quantitative estimate of drug-likeness (QED) is 0.818. The van der Waals surface area contributed by atoms with Crippen molar-refractivity contribution in [2.45, 2.75) is 27.3 Å². The van der Waals surface area contributed by atoms with Crippen molar-refractivity contribution >= 4 is 11.4 Å². The minimum absolute atomic E-state index is 0.122. The molecule has 0 bridgehead atoms. The Bertz CT molecular complexity index is 583. The average Bonchev–Trinajstić information content (AvgIpc) is 2.37. The number of rotatable bonds is 3. The molecule has 0 heterocycles. The van der Waals surface area contributed by atoms with Gasteiger partial charge >= 0.3 is 0 Å². The molecule has 0 fully saturated rings. The van der Waals surface area contributed by atoms with Gasteiger partial charge in [-0.3, -0.25) is 0 Å². The topological polar surface area (TPSA) is 38.0 Å². The normalized spacial score (nSPS) is 10.5. The number of nitrogens with one attached hydrogen (secondary N) is 1. The van der Waals surface area contributed by atoms with Crippen molar-refractivity contribution in [1.29, 1.82) is 0 Å². The molecule has 19 heavy (non-hydrogen) atoms. The molecule has 0 aliphatic rings. The van der Waals surface area contributed by atoms with Crippen LogP contribution < -0.4 is 11.1 Å². The second-order valence-corrected chi connectivity index (χ2v) is 4.97. The summed E-state index contributed by atoms with van der Waals surface area (Å²) >= 11 is 0. The number of halogens is 1. The fourth-order valence-corrected chi connectivity index (χ4v) is 2.09. The first-order valence-corrected chi connectivity index (χ1v) is 6.33. The number of anilines is 2. The molecule has 0 aromatic heterocycles. The van der Waals surface area contributed by atoms with Gasteiger partial charge in [0.25, 0.3) is 0 Å². The summed E-state index contributed by atoms with van der Waals surface area (Å²) in [5.41, 5.74) is 11.1. The third-order valence-electron chi connectivity index (χ3n) is 3.27. The highest BCUT2D eigenvalue weighted by Crippen LogP contribution is 2.19. The summed E-state index contributed by atoms with van der Waals surface area (Å²) < 4.78 is 13.5. The van der Waals surface area contributed by atoms with E-state index in [1.807, 2.05) is 37.3 Å². The predicted octanol–water partition coefficient (Wildman–Crippen LogP) is 3.95. The van der Waals surface area contributed by atoms with Crippen LogP contribution in [-0.4, -0.2) is 0 Å². The van der Waals surface area contributed by atoms with E-state index in [1.54, 1.807) is 13.8 Å². The first-order valence-electron chi connectivity index (χ1n) is 6.33. The molecule has 0 atom stereocenters. The Morgan fingerprint density at radius 3 is 2.21 bits per heavy atom. The maximum Gasteiger partial charge on any atom is 0.129 e.